The van der Waals surface area contributed by atoms with Gasteiger partial charge in [-0.3, -0.25) is 0 Å². The summed E-state index contributed by atoms with van der Waals surface area (Å²) in [4.78, 5) is 0. The van der Waals surface area contributed by atoms with Gasteiger partial charge in [0.25, 0.3) is 0 Å². The van der Waals surface area contributed by atoms with Gasteiger partial charge in [-0.15, -0.1) is 0 Å². The summed E-state index contributed by atoms with van der Waals surface area (Å²) in [6.45, 7) is 2.38. The molecule has 0 spiro atoms. The van der Waals surface area contributed by atoms with E-state index >= 15 is 0 Å². The van der Waals surface area contributed by atoms with Gasteiger partial charge in [-0.1, -0.05) is 109 Å². The molecule has 1 aliphatic heterocycles. The van der Waals surface area contributed by atoms with Crippen LogP contribution in [0.15, 0.2) is 49.1 Å². The van der Waals surface area contributed by atoms with E-state index in [2.05, 4.69) is 58.2 Å². The normalized spacial score (nSPS) is 19.1. The summed E-state index contributed by atoms with van der Waals surface area (Å²) >= 11 is 0. The van der Waals surface area contributed by atoms with Crippen molar-refractivity contribution < 1.29 is 57.1 Å². The van der Waals surface area contributed by atoms with Crippen LogP contribution in [0, 0.1) is 0 Å². The molecule has 4 bridgehead atoms. The second-order valence-corrected chi connectivity index (χ2v) is 12.5. The van der Waals surface area contributed by atoms with E-state index in [4.69, 9.17) is 0 Å². The van der Waals surface area contributed by atoms with E-state index in [1.165, 1.54) is 185 Å². The number of pyridine rings is 2. The maximum absolute atomic E-state index is 2.44. The standard InChI is InChI=1S/C37H62N2.2HI/c1-2-6-10-14-18-22-30-38-32-25-29-37(35-38)27-21-17-13-9-5-3-7-11-15-19-23-31-39-33-24-28-36(34-39)26-20-16-12-8-4-1;;/h24-25,28-29,32-35H,1-23,26-27,30-31H2;2*1H/q+2;;/p-2. The van der Waals surface area contributed by atoms with Crippen molar-refractivity contribution in [3.05, 3.63) is 60.2 Å². The summed E-state index contributed by atoms with van der Waals surface area (Å²) in [6.07, 6.45) is 44.3. The predicted octanol–water partition coefficient (Wildman–Crippen LogP) is 4.04. The Morgan fingerprint density at radius 2 is 0.610 bits per heavy atom. The molecule has 0 saturated heterocycles. The van der Waals surface area contributed by atoms with Gasteiger partial charge in [0.2, 0.25) is 0 Å². The molecule has 4 heteroatoms. The summed E-state index contributed by atoms with van der Waals surface area (Å²) in [5, 5.41) is 0. The van der Waals surface area contributed by atoms with Crippen molar-refractivity contribution in [3.63, 3.8) is 0 Å². The minimum absolute atomic E-state index is 0. The largest absolute Gasteiger partial charge is 1.00 e. The van der Waals surface area contributed by atoms with Crippen molar-refractivity contribution in [1.82, 2.24) is 0 Å². The summed E-state index contributed by atoms with van der Waals surface area (Å²) in [5.41, 5.74) is 3.07. The Morgan fingerprint density at radius 3 is 0.927 bits per heavy atom. The molecule has 0 radical (unpaired) electrons. The van der Waals surface area contributed by atoms with Crippen LogP contribution < -0.4 is 57.1 Å². The summed E-state index contributed by atoms with van der Waals surface area (Å²) < 4.78 is 4.88. The molecule has 2 aromatic heterocycles. The molecule has 41 heavy (non-hydrogen) atoms. The average molecular weight is 789 g/mol. The van der Waals surface area contributed by atoms with E-state index in [0.717, 1.165) is 0 Å². The molecule has 0 atom stereocenters. The van der Waals surface area contributed by atoms with Crippen LogP contribution >= 0.6 is 0 Å². The third kappa shape index (κ3) is 20.4. The topological polar surface area (TPSA) is 7.76 Å². The molecule has 0 amide bonds. The summed E-state index contributed by atoms with van der Waals surface area (Å²) in [6, 6.07) is 9.19. The fourth-order valence-corrected chi connectivity index (χ4v) is 6.33. The Kier molecular flexibility index (Phi) is 25.8. The van der Waals surface area contributed by atoms with Gasteiger partial charge < -0.3 is 48.0 Å². The van der Waals surface area contributed by atoms with Crippen molar-refractivity contribution in [1.29, 1.82) is 0 Å². The lowest BCUT2D eigenvalue weighted by molar-refractivity contribution is -0.697. The van der Waals surface area contributed by atoms with Crippen LogP contribution in [0.4, 0.5) is 0 Å². The molecule has 234 valence electrons. The summed E-state index contributed by atoms with van der Waals surface area (Å²) in [5.74, 6) is 0. The highest BCUT2D eigenvalue weighted by atomic mass is 127. The number of fused-ring (bicyclic) bond motifs is 4. The van der Waals surface area contributed by atoms with Gasteiger partial charge in [-0.05, 0) is 50.7 Å². The third-order valence-corrected chi connectivity index (χ3v) is 8.85. The fraction of sp³-hybridized carbons (Fsp3) is 0.730. The SMILES string of the molecule is [I-].[I-].c1cc2c[n+](c1)CCCCCCCCCCCCCCc1ccc[n+](c1)CCCCCCCCCCCCC2. The lowest BCUT2D eigenvalue weighted by Gasteiger charge is -2.04. The zero-order valence-electron chi connectivity index (χ0n) is 26.4. The van der Waals surface area contributed by atoms with Crippen molar-refractivity contribution in [2.45, 2.75) is 174 Å². The number of aryl methyl sites for hydroxylation is 4. The van der Waals surface area contributed by atoms with Gasteiger partial charge in [0, 0.05) is 36.1 Å². The molecule has 3 rings (SSSR count). The second kappa shape index (κ2) is 27.3. The minimum atomic E-state index is 0. The van der Waals surface area contributed by atoms with Crippen molar-refractivity contribution in [3.8, 4) is 0 Å². The van der Waals surface area contributed by atoms with E-state index in [-0.39, 0.29) is 48.0 Å². The van der Waals surface area contributed by atoms with Crippen LogP contribution in [0.1, 0.15) is 159 Å². The van der Waals surface area contributed by atoms with Crippen molar-refractivity contribution >= 4 is 0 Å². The number of nitrogens with zero attached hydrogens (tertiary/aromatic N) is 2. The van der Waals surface area contributed by atoms with Crippen LogP contribution in [0.25, 0.3) is 0 Å². The first-order valence-electron chi connectivity index (χ1n) is 17.4. The van der Waals surface area contributed by atoms with Gasteiger partial charge in [-0.2, -0.15) is 0 Å². The van der Waals surface area contributed by atoms with Gasteiger partial charge in [0.15, 0.2) is 24.8 Å². The lowest BCUT2D eigenvalue weighted by atomic mass is 10.0. The highest BCUT2D eigenvalue weighted by Crippen LogP contribution is 2.15. The van der Waals surface area contributed by atoms with E-state index in [1.807, 2.05) is 0 Å². The van der Waals surface area contributed by atoms with E-state index in [0.29, 0.717) is 0 Å². The van der Waals surface area contributed by atoms with Crippen LogP contribution in [0.3, 0.4) is 0 Å². The van der Waals surface area contributed by atoms with Crippen LogP contribution in [0.5, 0.6) is 0 Å². The van der Waals surface area contributed by atoms with E-state index in [1.54, 1.807) is 0 Å². The smallest absolute Gasteiger partial charge is 0.171 e. The Hall–Kier alpha value is -0.240. The lowest BCUT2D eigenvalue weighted by Crippen LogP contribution is -3.00. The molecular formula is C37H62I2N2. The Labute approximate surface area is 288 Å². The van der Waals surface area contributed by atoms with Crippen LogP contribution in [0.2, 0.25) is 0 Å². The number of hydrogen-bond acceptors (Lipinski definition) is 0. The second-order valence-electron chi connectivity index (χ2n) is 12.5. The maximum atomic E-state index is 2.44. The molecule has 0 unspecified atom stereocenters. The zero-order chi connectivity index (χ0) is 27.1. The third-order valence-electron chi connectivity index (χ3n) is 8.85. The molecule has 0 aliphatic carbocycles. The maximum Gasteiger partial charge on any atom is 0.171 e. The number of halogens is 2. The molecule has 0 aromatic carbocycles. The number of rotatable bonds is 0. The number of hydrogen-bond donors (Lipinski definition) is 0. The number of aromatic nitrogens is 2. The molecule has 0 N–H and O–H groups in total. The first-order valence-corrected chi connectivity index (χ1v) is 17.4. The minimum Gasteiger partial charge on any atom is -1.00 e. The van der Waals surface area contributed by atoms with Gasteiger partial charge in [0.05, 0.1) is 0 Å². The highest BCUT2D eigenvalue weighted by molar-refractivity contribution is 5.05. The quantitative estimate of drug-likeness (QED) is 0.282. The molecule has 3 heterocycles. The first kappa shape index (κ1) is 38.8. The Morgan fingerprint density at radius 1 is 0.341 bits per heavy atom. The highest BCUT2D eigenvalue weighted by Gasteiger charge is 2.05. The predicted molar refractivity (Wildman–Crippen MR) is 167 cm³/mol. The van der Waals surface area contributed by atoms with Crippen molar-refractivity contribution in [2.24, 2.45) is 0 Å². The molecule has 0 saturated carbocycles. The molecule has 2 nitrogen and oxygen atoms in total. The van der Waals surface area contributed by atoms with Gasteiger partial charge in [-0.25, -0.2) is 9.13 Å². The fourth-order valence-electron chi connectivity index (χ4n) is 6.33. The Bertz CT molecular complexity index is 787. The summed E-state index contributed by atoms with van der Waals surface area (Å²) in [7, 11) is 0. The van der Waals surface area contributed by atoms with E-state index < -0.39 is 0 Å². The van der Waals surface area contributed by atoms with Crippen LogP contribution in [-0.4, -0.2) is 0 Å². The molecule has 2 aromatic rings. The molecule has 1 aliphatic rings. The monoisotopic (exact) mass is 788 g/mol. The average Bonchev–Trinajstić information content (AvgIpc) is 2.95. The van der Waals surface area contributed by atoms with Gasteiger partial charge in [0.1, 0.15) is 13.1 Å². The van der Waals surface area contributed by atoms with E-state index in [9.17, 15) is 0 Å². The molecule has 0 fully saturated rings. The first-order chi connectivity index (χ1) is 19.4. The van der Waals surface area contributed by atoms with Crippen LogP contribution in [-0.2, 0) is 25.9 Å². The zero-order valence-corrected chi connectivity index (χ0v) is 30.7. The van der Waals surface area contributed by atoms with Gasteiger partial charge >= 0.3 is 0 Å². The Balaban J connectivity index is 0.00000420. The van der Waals surface area contributed by atoms with Crippen molar-refractivity contribution in [2.75, 3.05) is 0 Å². The molecular weight excluding hydrogens is 726 g/mol.